The van der Waals surface area contributed by atoms with E-state index in [0.717, 1.165) is 5.69 Å². The predicted octanol–water partition coefficient (Wildman–Crippen LogP) is 3.84. The zero-order valence-corrected chi connectivity index (χ0v) is 16.3. The van der Waals surface area contributed by atoms with Gasteiger partial charge in [0.15, 0.2) is 5.17 Å². The molecule has 1 saturated heterocycles. The van der Waals surface area contributed by atoms with Crippen molar-refractivity contribution in [2.45, 2.75) is 11.7 Å². The van der Waals surface area contributed by atoms with Crippen LogP contribution >= 0.6 is 11.8 Å². The van der Waals surface area contributed by atoms with Crippen molar-refractivity contribution in [1.82, 2.24) is 4.90 Å². The van der Waals surface area contributed by atoms with Gasteiger partial charge < -0.3 is 10.1 Å². The Labute approximate surface area is 168 Å². The quantitative estimate of drug-likeness (QED) is 0.723. The van der Waals surface area contributed by atoms with E-state index < -0.39 is 5.25 Å². The molecule has 7 heteroatoms. The number of hydrogen-bond donors (Lipinski definition) is 1. The lowest BCUT2D eigenvalue weighted by Crippen LogP contribution is -2.33. The molecule has 2 aromatic carbocycles. The van der Waals surface area contributed by atoms with Gasteiger partial charge in [-0.15, -0.1) is 6.58 Å². The predicted molar refractivity (Wildman–Crippen MR) is 113 cm³/mol. The van der Waals surface area contributed by atoms with Crippen molar-refractivity contribution in [3.05, 3.63) is 67.3 Å². The normalized spacial score (nSPS) is 17.6. The Morgan fingerprint density at radius 3 is 2.68 bits per heavy atom. The highest BCUT2D eigenvalue weighted by atomic mass is 32.2. The molecule has 0 bridgehead atoms. The van der Waals surface area contributed by atoms with Crippen LogP contribution in [0.25, 0.3) is 0 Å². The van der Waals surface area contributed by atoms with Crippen molar-refractivity contribution in [3.8, 4) is 5.75 Å². The molecule has 1 aliphatic heterocycles. The summed E-state index contributed by atoms with van der Waals surface area (Å²) in [5.41, 5.74) is 1.33. The minimum absolute atomic E-state index is 0.0446. The van der Waals surface area contributed by atoms with Crippen LogP contribution in [0.15, 0.2) is 72.2 Å². The highest BCUT2D eigenvalue weighted by Gasteiger charge is 2.38. The third-order valence-electron chi connectivity index (χ3n) is 4.06. The van der Waals surface area contributed by atoms with E-state index in [-0.39, 0.29) is 18.2 Å². The van der Waals surface area contributed by atoms with Gasteiger partial charge >= 0.3 is 0 Å². The smallest absolute Gasteiger partial charge is 0.242 e. The van der Waals surface area contributed by atoms with Gasteiger partial charge in [0.25, 0.3) is 0 Å². The summed E-state index contributed by atoms with van der Waals surface area (Å²) in [4.78, 5) is 31.4. The molecule has 1 aliphatic rings. The molecule has 3 rings (SSSR count). The first-order valence-corrected chi connectivity index (χ1v) is 9.66. The fraction of sp³-hybridized carbons (Fsp3) is 0.190. The Bertz CT molecular complexity index is 899. The monoisotopic (exact) mass is 395 g/mol. The summed E-state index contributed by atoms with van der Waals surface area (Å²) >= 11 is 1.30. The molecule has 0 saturated carbocycles. The number of hydrogen-bond acceptors (Lipinski definition) is 5. The van der Waals surface area contributed by atoms with E-state index >= 15 is 0 Å². The van der Waals surface area contributed by atoms with E-state index in [4.69, 9.17) is 4.74 Å². The molecule has 0 unspecified atom stereocenters. The van der Waals surface area contributed by atoms with E-state index in [9.17, 15) is 9.59 Å². The first-order valence-electron chi connectivity index (χ1n) is 8.78. The SMILES string of the molecule is C=CCN1C(=O)[C@@H](CC(=O)Nc2ccccc2OC)SC1=Nc1ccccc1. The third kappa shape index (κ3) is 4.61. The van der Waals surface area contributed by atoms with Gasteiger partial charge in [0.05, 0.1) is 18.5 Å². The Kier molecular flexibility index (Phi) is 6.49. The number of aliphatic imine (C=N–C) groups is 1. The van der Waals surface area contributed by atoms with Gasteiger partial charge in [0, 0.05) is 13.0 Å². The van der Waals surface area contributed by atoms with Gasteiger partial charge in [-0.25, -0.2) is 4.99 Å². The van der Waals surface area contributed by atoms with E-state index in [0.29, 0.717) is 23.1 Å². The van der Waals surface area contributed by atoms with Crippen molar-refractivity contribution in [3.63, 3.8) is 0 Å². The second kappa shape index (κ2) is 9.23. The van der Waals surface area contributed by atoms with Crippen molar-refractivity contribution >= 4 is 40.1 Å². The number of carbonyl (C=O) groups is 2. The topological polar surface area (TPSA) is 71.0 Å². The first kappa shape index (κ1) is 19.7. The van der Waals surface area contributed by atoms with E-state index in [1.807, 2.05) is 42.5 Å². The zero-order valence-electron chi connectivity index (χ0n) is 15.5. The summed E-state index contributed by atoms with van der Waals surface area (Å²) in [5.74, 6) is 0.172. The van der Waals surface area contributed by atoms with Crippen LogP contribution in [-0.2, 0) is 9.59 Å². The number of methoxy groups -OCH3 is 1. The summed E-state index contributed by atoms with van der Waals surface area (Å²) in [6, 6.07) is 16.6. The van der Waals surface area contributed by atoms with Crippen molar-refractivity contribution in [2.75, 3.05) is 19.0 Å². The lowest BCUT2D eigenvalue weighted by atomic mass is 10.2. The second-order valence-electron chi connectivity index (χ2n) is 6.03. The van der Waals surface area contributed by atoms with Gasteiger partial charge in [-0.05, 0) is 24.3 Å². The molecule has 1 atom stereocenters. The van der Waals surface area contributed by atoms with Gasteiger partial charge in [-0.3, -0.25) is 14.5 Å². The molecule has 1 heterocycles. The van der Waals surface area contributed by atoms with Crippen LogP contribution in [-0.4, -0.2) is 40.8 Å². The molecule has 1 N–H and O–H groups in total. The van der Waals surface area contributed by atoms with Gasteiger partial charge in [0.2, 0.25) is 11.8 Å². The molecule has 28 heavy (non-hydrogen) atoms. The number of thioether (sulfide) groups is 1. The highest BCUT2D eigenvalue weighted by Crippen LogP contribution is 2.32. The molecule has 0 radical (unpaired) electrons. The summed E-state index contributed by atoms with van der Waals surface area (Å²) in [5, 5.41) is 2.86. The van der Waals surface area contributed by atoms with Crippen LogP contribution in [0, 0.1) is 0 Å². The molecule has 0 spiro atoms. The highest BCUT2D eigenvalue weighted by molar-refractivity contribution is 8.15. The van der Waals surface area contributed by atoms with Crippen LogP contribution in [0.3, 0.4) is 0 Å². The number of amides is 2. The van der Waals surface area contributed by atoms with Crippen LogP contribution < -0.4 is 10.1 Å². The fourth-order valence-electron chi connectivity index (χ4n) is 2.75. The van der Waals surface area contributed by atoms with E-state index in [1.165, 1.54) is 11.8 Å². The number of amidine groups is 1. The van der Waals surface area contributed by atoms with Crippen molar-refractivity contribution < 1.29 is 14.3 Å². The summed E-state index contributed by atoms with van der Waals surface area (Å²) in [6.07, 6.45) is 1.69. The first-order chi connectivity index (χ1) is 13.6. The maximum absolute atomic E-state index is 12.8. The lowest BCUT2D eigenvalue weighted by Gasteiger charge is -2.14. The number of para-hydroxylation sites is 3. The summed E-state index contributed by atoms with van der Waals surface area (Å²) in [6.45, 7) is 4.06. The zero-order chi connectivity index (χ0) is 19.9. The Balaban J connectivity index is 1.73. The molecular formula is C21H21N3O3S. The number of nitrogens with one attached hydrogen (secondary N) is 1. The Morgan fingerprint density at radius 2 is 1.96 bits per heavy atom. The Morgan fingerprint density at radius 1 is 1.25 bits per heavy atom. The van der Waals surface area contributed by atoms with Crippen LogP contribution in [0.2, 0.25) is 0 Å². The maximum atomic E-state index is 12.8. The number of rotatable bonds is 7. The number of nitrogens with zero attached hydrogens (tertiary/aromatic N) is 2. The van der Waals surface area contributed by atoms with Crippen LogP contribution in [0.5, 0.6) is 5.75 Å². The maximum Gasteiger partial charge on any atom is 0.242 e. The second-order valence-corrected chi connectivity index (χ2v) is 7.20. The number of carbonyl (C=O) groups excluding carboxylic acids is 2. The summed E-state index contributed by atoms with van der Waals surface area (Å²) < 4.78 is 5.24. The average Bonchev–Trinajstić information content (AvgIpc) is 2.98. The van der Waals surface area contributed by atoms with Gasteiger partial charge in [-0.1, -0.05) is 48.2 Å². The molecule has 2 amide bonds. The largest absolute Gasteiger partial charge is 0.495 e. The minimum Gasteiger partial charge on any atom is -0.495 e. The van der Waals surface area contributed by atoms with Gasteiger partial charge in [0.1, 0.15) is 11.0 Å². The molecule has 6 nitrogen and oxygen atoms in total. The molecule has 1 fully saturated rings. The van der Waals surface area contributed by atoms with Crippen molar-refractivity contribution in [2.24, 2.45) is 4.99 Å². The fourth-order valence-corrected chi connectivity index (χ4v) is 3.92. The molecule has 144 valence electrons. The van der Waals surface area contributed by atoms with E-state index in [1.54, 1.807) is 30.2 Å². The Hall–Kier alpha value is -3.06. The molecule has 0 aliphatic carbocycles. The molecule has 0 aromatic heterocycles. The minimum atomic E-state index is -0.530. The summed E-state index contributed by atoms with van der Waals surface area (Å²) in [7, 11) is 1.54. The number of benzene rings is 2. The van der Waals surface area contributed by atoms with Crippen molar-refractivity contribution in [1.29, 1.82) is 0 Å². The van der Waals surface area contributed by atoms with Crippen LogP contribution in [0.4, 0.5) is 11.4 Å². The lowest BCUT2D eigenvalue weighted by molar-refractivity contribution is -0.127. The number of ether oxygens (including phenoxy) is 1. The standard InChI is InChI=1S/C21H21N3O3S/c1-3-13-24-20(26)18(28-21(24)22-15-9-5-4-6-10-15)14-19(25)23-16-11-7-8-12-17(16)27-2/h3-12,18H,1,13-14H2,2H3,(H,23,25)/t18-/m1/s1. The molecular weight excluding hydrogens is 374 g/mol. The van der Waals surface area contributed by atoms with Crippen LogP contribution in [0.1, 0.15) is 6.42 Å². The third-order valence-corrected chi connectivity index (χ3v) is 5.24. The average molecular weight is 395 g/mol. The van der Waals surface area contributed by atoms with Gasteiger partial charge in [-0.2, -0.15) is 0 Å². The molecule has 2 aromatic rings. The van der Waals surface area contributed by atoms with E-state index in [2.05, 4.69) is 16.9 Å². The number of anilines is 1.